The number of hydrogen-bond donors (Lipinski definition) is 1. The Balaban J connectivity index is 1.73. The largest absolute Gasteiger partial charge is 0.452 e. The van der Waals surface area contributed by atoms with Gasteiger partial charge in [0.05, 0.1) is 27.5 Å². The lowest BCUT2D eigenvalue weighted by atomic mass is 10.2. The molecule has 0 spiro atoms. The maximum Gasteiger partial charge on any atom is 0.340 e. The third kappa shape index (κ3) is 3.60. The molecule has 0 saturated heterocycles. The van der Waals surface area contributed by atoms with Crippen molar-refractivity contribution in [3.05, 3.63) is 71.0 Å². The molecule has 3 rings (SSSR count). The molecule has 26 heavy (non-hydrogen) atoms. The van der Waals surface area contributed by atoms with Gasteiger partial charge in [0.1, 0.15) is 0 Å². The number of para-hydroxylation sites is 1. The smallest absolute Gasteiger partial charge is 0.340 e. The molecule has 0 aliphatic heterocycles. The predicted molar refractivity (Wildman–Crippen MR) is 97.8 cm³/mol. The van der Waals surface area contributed by atoms with Crippen LogP contribution < -0.4 is 5.32 Å². The molecule has 0 unspecified atom stereocenters. The van der Waals surface area contributed by atoms with Crippen LogP contribution in [0.5, 0.6) is 0 Å². The first-order valence-electron chi connectivity index (χ1n) is 7.80. The van der Waals surface area contributed by atoms with E-state index in [-0.39, 0.29) is 11.3 Å². The van der Waals surface area contributed by atoms with Crippen LogP contribution in [0.25, 0.3) is 5.52 Å². The number of anilines is 1. The molecular formula is C19H15ClN2O4. The van der Waals surface area contributed by atoms with E-state index in [0.29, 0.717) is 21.9 Å². The number of ketones is 1. The highest BCUT2D eigenvalue weighted by Crippen LogP contribution is 2.21. The van der Waals surface area contributed by atoms with E-state index in [2.05, 4.69) is 5.32 Å². The van der Waals surface area contributed by atoms with Gasteiger partial charge in [-0.15, -0.1) is 0 Å². The Hall–Kier alpha value is -3.12. The van der Waals surface area contributed by atoms with Crippen molar-refractivity contribution in [3.63, 3.8) is 0 Å². The average molecular weight is 371 g/mol. The zero-order valence-electron chi connectivity index (χ0n) is 13.9. The predicted octanol–water partition coefficient (Wildman–Crippen LogP) is 3.59. The van der Waals surface area contributed by atoms with E-state index >= 15 is 0 Å². The van der Waals surface area contributed by atoms with E-state index in [1.165, 1.54) is 13.0 Å². The minimum Gasteiger partial charge on any atom is -0.452 e. The van der Waals surface area contributed by atoms with Crippen molar-refractivity contribution < 1.29 is 19.1 Å². The van der Waals surface area contributed by atoms with Gasteiger partial charge in [-0.3, -0.25) is 9.59 Å². The number of benzene rings is 1. The molecule has 0 bridgehead atoms. The van der Waals surface area contributed by atoms with Gasteiger partial charge in [-0.2, -0.15) is 0 Å². The summed E-state index contributed by atoms with van der Waals surface area (Å²) in [5.41, 5.74) is 1.56. The second-order valence-electron chi connectivity index (χ2n) is 5.56. The van der Waals surface area contributed by atoms with Crippen LogP contribution in [0.4, 0.5) is 5.69 Å². The standard InChI is InChI=1S/C19H15ClN2O4/c1-12(23)17-10-13(16-8-4-5-9-22(16)17)19(25)26-11-18(24)21-15-7-3-2-6-14(15)20/h2-10H,11H2,1H3,(H,21,24). The van der Waals surface area contributed by atoms with Crippen LogP contribution in [0.3, 0.4) is 0 Å². The number of amides is 1. The number of fused-ring (bicyclic) bond motifs is 1. The summed E-state index contributed by atoms with van der Waals surface area (Å²) >= 11 is 5.97. The normalized spacial score (nSPS) is 10.5. The summed E-state index contributed by atoms with van der Waals surface area (Å²) in [5.74, 6) is -1.38. The molecule has 2 heterocycles. The number of carbonyl (C=O) groups excluding carboxylic acids is 3. The number of hydrogen-bond acceptors (Lipinski definition) is 4. The molecule has 7 heteroatoms. The van der Waals surface area contributed by atoms with Crippen LogP contribution in [0.15, 0.2) is 54.7 Å². The van der Waals surface area contributed by atoms with Crippen molar-refractivity contribution in [2.75, 3.05) is 11.9 Å². The molecule has 0 atom stereocenters. The summed E-state index contributed by atoms with van der Waals surface area (Å²) in [6.45, 7) is 0.949. The van der Waals surface area contributed by atoms with E-state index in [9.17, 15) is 14.4 Å². The Kier molecular flexibility index (Phi) is 5.04. The SMILES string of the molecule is CC(=O)c1cc(C(=O)OCC(=O)Nc2ccccc2Cl)c2ccccn12. The molecular weight excluding hydrogens is 356 g/mol. The minimum absolute atomic E-state index is 0.179. The van der Waals surface area contributed by atoms with E-state index in [0.717, 1.165) is 0 Å². The van der Waals surface area contributed by atoms with Crippen molar-refractivity contribution in [3.8, 4) is 0 Å². The van der Waals surface area contributed by atoms with Gasteiger partial charge in [0.25, 0.3) is 5.91 Å². The van der Waals surface area contributed by atoms with Crippen LogP contribution >= 0.6 is 11.6 Å². The molecule has 1 amide bonds. The van der Waals surface area contributed by atoms with Gasteiger partial charge >= 0.3 is 5.97 Å². The van der Waals surface area contributed by atoms with E-state index in [1.807, 2.05) is 0 Å². The maximum absolute atomic E-state index is 12.4. The Morgan fingerprint density at radius 1 is 1.12 bits per heavy atom. The molecule has 0 fully saturated rings. The topological polar surface area (TPSA) is 76.9 Å². The number of Topliss-reactive ketones (excluding diaryl/α,β-unsaturated/α-hetero) is 1. The quantitative estimate of drug-likeness (QED) is 0.550. The first-order chi connectivity index (χ1) is 12.5. The number of rotatable bonds is 5. The Labute approximate surface area is 154 Å². The molecule has 6 nitrogen and oxygen atoms in total. The fraction of sp³-hybridized carbons (Fsp3) is 0.105. The van der Waals surface area contributed by atoms with Crippen LogP contribution in [0.1, 0.15) is 27.8 Å². The Morgan fingerprint density at radius 3 is 2.58 bits per heavy atom. The van der Waals surface area contributed by atoms with Crippen LogP contribution in [-0.2, 0) is 9.53 Å². The number of nitrogens with one attached hydrogen (secondary N) is 1. The second-order valence-corrected chi connectivity index (χ2v) is 5.97. The number of nitrogens with zero attached hydrogens (tertiary/aromatic N) is 1. The molecule has 0 aliphatic rings. The summed E-state index contributed by atoms with van der Waals surface area (Å²) in [6, 6.07) is 13.4. The fourth-order valence-electron chi connectivity index (χ4n) is 2.55. The summed E-state index contributed by atoms with van der Waals surface area (Å²) in [4.78, 5) is 36.1. The number of ether oxygens (including phenoxy) is 1. The number of pyridine rings is 1. The van der Waals surface area contributed by atoms with Crippen molar-refractivity contribution in [2.45, 2.75) is 6.92 Å². The molecule has 0 radical (unpaired) electrons. The summed E-state index contributed by atoms with van der Waals surface area (Å²) < 4.78 is 6.70. The molecule has 1 aromatic carbocycles. The molecule has 0 saturated carbocycles. The lowest BCUT2D eigenvalue weighted by molar-refractivity contribution is -0.119. The first-order valence-corrected chi connectivity index (χ1v) is 8.17. The zero-order valence-corrected chi connectivity index (χ0v) is 14.6. The van der Waals surface area contributed by atoms with Crippen molar-refractivity contribution in [1.82, 2.24) is 4.40 Å². The van der Waals surface area contributed by atoms with Crippen LogP contribution in [0, 0.1) is 0 Å². The van der Waals surface area contributed by atoms with Crippen molar-refractivity contribution >= 4 is 40.5 Å². The molecule has 1 N–H and O–H groups in total. The third-order valence-corrected chi connectivity index (χ3v) is 4.07. The molecule has 3 aromatic rings. The first kappa shape index (κ1) is 17.7. The Morgan fingerprint density at radius 2 is 1.85 bits per heavy atom. The molecule has 132 valence electrons. The molecule has 2 aromatic heterocycles. The number of carbonyl (C=O) groups is 3. The van der Waals surface area contributed by atoms with Crippen molar-refractivity contribution in [2.24, 2.45) is 0 Å². The van der Waals surface area contributed by atoms with Gasteiger partial charge in [-0.25, -0.2) is 4.79 Å². The van der Waals surface area contributed by atoms with E-state index in [4.69, 9.17) is 16.3 Å². The van der Waals surface area contributed by atoms with Crippen LogP contribution in [0.2, 0.25) is 5.02 Å². The summed E-state index contributed by atoms with van der Waals surface area (Å²) in [5, 5.41) is 2.96. The lowest BCUT2D eigenvalue weighted by Gasteiger charge is -2.07. The third-order valence-electron chi connectivity index (χ3n) is 3.74. The van der Waals surface area contributed by atoms with Gasteiger partial charge in [-0.05, 0) is 30.3 Å². The van der Waals surface area contributed by atoms with Gasteiger partial charge in [-0.1, -0.05) is 29.8 Å². The highest BCUT2D eigenvalue weighted by molar-refractivity contribution is 6.33. The van der Waals surface area contributed by atoms with Crippen LogP contribution in [-0.4, -0.2) is 28.7 Å². The van der Waals surface area contributed by atoms with Gasteiger partial charge in [0.2, 0.25) is 0 Å². The average Bonchev–Trinajstić information content (AvgIpc) is 3.02. The number of esters is 1. The summed E-state index contributed by atoms with van der Waals surface area (Å²) in [7, 11) is 0. The highest BCUT2D eigenvalue weighted by Gasteiger charge is 2.19. The van der Waals surface area contributed by atoms with Gasteiger partial charge in [0, 0.05) is 13.1 Å². The lowest BCUT2D eigenvalue weighted by Crippen LogP contribution is -2.21. The van der Waals surface area contributed by atoms with Gasteiger partial charge in [0.15, 0.2) is 12.4 Å². The monoisotopic (exact) mass is 370 g/mol. The maximum atomic E-state index is 12.4. The number of aromatic nitrogens is 1. The van der Waals surface area contributed by atoms with Gasteiger partial charge < -0.3 is 14.5 Å². The van der Waals surface area contributed by atoms with Crippen molar-refractivity contribution in [1.29, 1.82) is 0 Å². The van der Waals surface area contributed by atoms with E-state index in [1.54, 1.807) is 53.1 Å². The highest BCUT2D eigenvalue weighted by atomic mass is 35.5. The number of halogens is 1. The second kappa shape index (κ2) is 7.41. The minimum atomic E-state index is -0.685. The zero-order chi connectivity index (χ0) is 18.7. The molecule has 0 aliphatic carbocycles. The summed E-state index contributed by atoms with van der Waals surface area (Å²) in [6.07, 6.45) is 1.69. The van der Waals surface area contributed by atoms with E-state index < -0.39 is 18.5 Å². The fourth-order valence-corrected chi connectivity index (χ4v) is 2.73. The Bertz CT molecular complexity index is 1010.